The van der Waals surface area contributed by atoms with Gasteiger partial charge in [0.1, 0.15) is 27.3 Å². The predicted octanol–water partition coefficient (Wildman–Crippen LogP) is 5.97. The topological polar surface area (TPSA) is 89.9 Å². The fourth-order valence-corrected chi connectivity index (χ4v) is 5.61. The van der Waals surface area contributed by atoms with Crippen molar-refractivity contribution in [3.8, 4) is 5.69 Å². The summed E-state index contributed by atoms with van der Waals surface area (Å²) in [7, 11) is 0. The molecule has 1 aliphatic rings. The minimum absolute atomic E-state index is 0.335. The third-order valence-corrected chi connectivity index (χ3v) is 7.66. The molecule has 1 unspecified atom stereocenters. The van der Waals surface area contributed by atoms with E-state index in [1.165, 1.54) is 28.5 Å². The van der Waals surface area contributed by atoms with Gasteiger partial charge in [-0.25, -0.2) is 18.9 Å². The van der Waals surface area contributed by atoms with Gasteiger partial charge in [0.05, 0.1) is 23.4 Å². The molecule has 196 valence electrons. The summed E-state index contributed by atoms with van der Waals surface area (Å²) in [6.07, 6.45) is 2.03. The Bertz CT molecular complexity index is 1700. The Morgan fingerprint density at radius 3 is 2.59 bits per heavy atom. The minimum Gasteiger partial charge on any atom is -0.467 e. The van der Waals surface area contributed by atoms with Crippen LogP contribution in [0.2, 0.25) is 0 Å². The number of rotatable bonds is 6. The van der Waals surface area contributed by atoms with Crippen LogP contribution in [0.5, 0.6) is 0 Å². The Morgan fingerprint density at radius 2 is 1.87 bits per heavy atom. The first-order valence-electron chi connectivity index (χ1n) is 12.3. The molecule has 3 aromatic heterocycles. The van der Waals surface area contributed by atoms with Crippen molar-refractivity contribution in [3.05, 3.63) is 106 Å². The molecule has 0 aliphatic carbocycles. The molecule has 4 heterocycles. The Morgan fingerprint density at radius 1 is 1.10 bits per heavy atom. The van der Waals surface area contributed by atoms with Crippen LogP contribution in [0.15, 0.2) is 82.5 Å². The molecule has 10 heteroatoms. The zero-order chi connectivity index (χ0) is 27.1. The van der Waals surface area contributed by atoms with Gasteiger partial charge >= 0.3 is 5.97 Å². The number of ether oxygens (including phenoxy) is 1. The lowest BCUT2D eigenvalue weighted by atomic mass is 10.0. The van der Waals surface area contributed by atoms with Crippen molar-refractivity contribution >= 4 is 39.1 Å². The molecular formula is C29H23FN4O4S. The van der Waals surface area contributed by atoms with Crippen LogP contribution in [0.1, 0.15) is 44.7 Å². The molecule has 0 bridgehead atoms. The van der Waals surface area contributed by atoms with Gasteiger partial charge in [0.25, 0.3) is 5.91 Å². The highest BCUT2D eigenvalue weighted by Crippen LogP contribution is 2.34. The molecule has 0 fully saturated rings. The monoisotopic (exact) mass is 542 g/mol. The van der Waals surface area contributed by atoms with Crippen LogP contribution in [0, 0.1) is 19.7 Å². The molecule has 2 aromatic carbocycles. The molecule has 0 spiro atoms. The van der Waals surface area contributed by atoms with Gasteiger partial charge in [0.15, 0.2) is 6.61 Å². The number of carbonyl (C=O) groups excluding carboxylic acids is 2. The van der Waals surface area contributed by atoms with Crippen molar-refractivity contribution in [3.63, 3.8) is 0 Å². The fourth-order valence-electron chi connectivity index (χ4n) is 4.53. The number of amides is 1. The van der Waals surface area contributed by atoms with Crippen LogP contribution >= 0.6 is 11.3 Å². The second-order valence-electron chi connectivity index (χ2n) is 9.27. The van der Waals surface area contributed by atoms with E-state index < -0.39 is 24.5 Å². The van der Waals surface area contributed by atoms with E-state index in [9.17, 15) is 14.0 Å². The molecular weight excluding hydrogens is 519 g/mol. The van der Waals surface area contributed by atoms with Crippen LogP contribution in [-0.4, -0.2) is 39.0 Å². The van der Waals surface area contributed by atoms with E-state index in [0.717, 1.165) is 32.7 Å². The van der Waals surface area contributed by atoms with Crippen molar-refractivity contribution < 1.29 is 23.1 Å². The van der Waals surface area contributed by atoms with E-state index in [2.05, 4.69) is 10.2 Å². The molecule has 1 amide bonds. The summed E-state index contributed by atoms with van der Waals surface area (Å²) >= 11 is 1.20. The van der Waals surface area contributed by atoms with Crippen LogP contribution in [0.3, 0.4) is 0 Å². The zero-order valence-corrected chi connectivity index (χ0v) is 21.9. The summed E-state index contributed by atoms with van der Waals surface area (Å²) in [5, 5.41) is 11.2. The number of nitrogens with zero attached hydrogens (tertiary/aromatic N) is 4. The van der Waals surface area contributed by atoms with Gasteiger partial charge in [-0.1, -0.05) is 29.8 Å². The largest absolute Gasteiger partial charge is 0.467 e. The second-order valence-corrected chi connectivity index (χ2v) is 10.3. The van der Waals surface area contributed by atoms with E-state index in [0.29, 0.717) is 22.7 Å². The summed E-state index contributed by atoms with van der Waals surface area (Å²) < 4.78 is 26.1. The Kier molecular flexibility index (Phi) is 6.32. The average Bonchev–Trinajstić information content (AvgIpc) is 3.73. The van der Waals surface area contributed by atoms with Gasteiger partial charge < -0.3 is 9.15 Å². The van der Waals surface area contributed by atoms with Crippen LogP contribution in [-0.2, 0) is 9.53 Å². The maximum absolute atomic E-state index is 13.4. The molecule has 1 atom stereocenters. The quantitative estimate of drug-likeness (QED) is 0.247. The standard InChI is InChI=1S/C29H23FN4O4S/c1-17-5-7-19(8-6-17)23-15-24(25-4-3-13-37-25)34(32-23)27(35)16-38-29(36)26-14-22-18(2)31-33(28(22)39-26)21-11-9-20(30)10-12-21/h3-14,24H,15-16H2,1-2H3. The Labute approximate surface area is 226 Å². The number of hydrogen-bond acceptors (Lipinski definition) is 7. The van der Waals surface area contributed by atoms with Crippen LogP contribution in [0.4, 0.5) is 4.39 Å². The number of hydrogen-bond donors (Lipinski definition) is 0. The number of aryl methyl sites for hydroxylation is 2. The fraction of sp³-hybridized carbons (Fsp3) is 0.172. The van der Waals surface area contributed by atoms with Gasteiger partial charge in [0.2, 0.25) is 0 Å². The van der Waals surface area contributed by atoms with E-state index in [-0.39, 0.29) is 5.82 Å². The summed E-state index contributed by atoms with van der Waals surface area (Å²) in [4.78, 5) is 27.2. The molecule has 0 saturated carbocycles. The van der Waals surface area contributed by atoms with Gasteiger partial charge in [-0.15, -0.1) is 11.3 Å². The first-order chi connectivity index (χ1) is 18.9. The molecule has 39 heavy (non-hydrogen) atoms. The first kappa shape index (κ1) is 24.7. The molecule has 8 nitrogen and oxygen atoms in total. The summed E-state index contributed by atoms with van der Waals surface area (Å²) in [6, 6.07) is 18.7. The lowest BCUT2D eigenvalue weighted by molar-refractivity contribution is -0.136. The summed E-state index contributed by atoms with van der Waals surface area (Å²) in [5.41, 5.74) is 4.19. The summed E-state index contributed by atoms with van der Waals surface area (Å²) in [5.74, 6) is -0.819. The van der Waals surface area contributed by atoms with Gasteiger partial charge in [-0.2, -0.15) is 10.2 Å². The maximum atomic E-state index is 13.4. The van der Waals surface area contributed by atoms with E-state index in [1.54, 1.807) is 41.3 Å². The highest BCUT2D eigenvalue weighted by molar-refractivity contribution is 7.20. The SMILES string of the molecule is Cc1ccc(C2=NN(C(=O)COC(=O)c3cc4c(C)nn(-c5ccc(F)cc5)c4s3)C(c3ccco3)C2)cc1. The third kappa shape index (κ3) is 4.74. The van der Waals surface area contributed by atoms with Crippen LogP contribution in [0.25, 0.3) is 15.9 Å². The number of aromatic nitrogens is 2. The van der Waals surface area contributed by atoms with Crippen molar-refractivity contribution in [2.45, 2.75) is 26.3 Å². The highest BCUT2D eigenvalue weighted by Gasteiger charge is 2.35. The number of hydrazone groups is 1. The molecule has 1 aliphatic heterocycles. The maximum Gasteiger partial charge on any atom is 0.348 e. The van der Waals surface area contributed by atoms with Crippen molar-refractivity contribution in [2.75, 3.05) is 6.61 Å². The third-order valence-electron chi connectivity index (χ3n) is 6.57. The number of fused-ring (bicyclic) bond motifs is 1. The summed E-state index contributed by atoms with van der Waals surface area (Å²) in [6.45, 7) is 3.37. The number of carbonyl (C=O) groups is 2. The van der Waals surface area contributed by atoms with E-state index in [4.69, 9.17) is 9.15 Å². The van der Waals surface area contributed by atoms with Crippen molar-refractivity contribution in [1.29, 1.82) is 0 Å². The number of halogens is 1. The smallest absolute Gasteiger partial charge is 0.348 e. The van der Waals surface area contributed by atoms with Gasteiger partial charge in [-0.05, 0) is 61.9 Å². The first-order valence-corrected chi connectivity index (χ1v) is 13.1. The molecule has 0 saturated heterocycles. The molecule has 0 N–H and O–H groups in total. The average molecular weight is 543 g/mol. The van der Waals surface area contributed by atoms with E-state index >= 15 is 0 Å². The second kappa shape index (κ2) is 9.95. The highest BCUT2D eigenvalue weighted by atomic mass is 32.1. The van der Waals surface area contributed by atoms with Crippen LogP contribution < -0.4 is 0 Å². The van der Waals surface area contributed by atoms with Crippen molar-refractivity contribution in [1.82, 2.24) is 14.8 Å². The predicted molar refractivity (Wildman–Crippen MR) is 145 cm³/mol. The Hall–Kier alpha value is -4.57. The number of furan rings is 1. The number of benzene rings is 2. The van der Waals surface area contributed by atoms with Gasteiger partial charge in [-0.3, -0.25) is 4.79 Å². The molecule has 6 rings (SSSR count). The van der Waals surface area contributed by atoms with E-state index in [1.807, 2.05) is 38.1 Å². The molecule has 0 radical (unpaired) electrons. The van der Waals surface area contributed by atoms with Crippen molar-refractivity contribution in [2.24, 2.45) is 5.10 Å². The lowest BCUT2D eigenvalue weighted by Gasteiger charge is -2.19. The minimum atomic E-state index is -0.619. The number of esters is 1. The normalized spacial score (nSPS) is 15.1. The zero-order valence-electron chi connectivity index (χ0n) is 21.1. The lowest BCUT2D eigenvalue weighted by Crippen LogP contribution is -2.31. The van der Waals surface area contributed by atoms with Gasteiger partial charge in [0, 0.05) is 11.8 Å². The molecule has 5 aromatic rings. The number of thiophene rings is 1. The Balaban J connectivity index is 1.20.